The maximum atomic E-state index is 11.7. The van der Waals surface area contributed by atoms with E-state index in [9.17, 15) is 9.59 Å². The Morgan fingerprint density at radius 1 is 1.30 bits per heavy atom. The van der Waals surface area contributed by atoms with Gasteiger partial charge in [0.1, 0.15) is 5.75 Å². The van der Waals surface area contributed by atoms with Crippen molar-refractivity contribution in [2.75, 3.05) is 26.4 Å². The van der Waals surface area contributed by atoms with Crippen LogP contribution < -0.4 is 16.2 Å². The number of rotatable bonds is 8. The minimum atomic E-state index is -1.21. The third kappa shape index (κ3) is 6.22. The molecule has 2 rings (SSSR count). The van der Waals surface area contributed by atoms with E-state index >= 15 is 0 Å². The summed E-state index contributed by atoms with van der Waals surface area (Å²) in [4.78, 5) is 22.2. The summed E-state index contributed by atoms with van der Waals surface area (Å²) >= 11 is 6.03. The Hall–Kier alpha value is -2.11. The molecule has 0 spiro atoms. The molecule has 0 aliphatic heterocycles. The van der Waals surface area contributed by atoms with Crippen LogP contribution in [0.15, 0.2) is 21.3 Å². The minimum Gasteiger partial charge on any atom is -0.492 e. The predicted octanol–water partition coefficient (Wildman–Crippen LogP) is -0.218. The number of fused-ring (bicyclic) bond motifs is 1. The SMILES string of the molecule is CCOc1cc2oc(=O)n(CCC(=O)O)c2cc1Cl.NC(CO)(CO)CO. The Labute approximate surface area is 159 Å². The predicted molar refractivity (Wildman–Crippen MR) is 97.1 cm³/mol. The van der Waals surface area contributed by atoms with Gasteiger partial charge in [-0.2, -0.15) is 0 Å². The molecule has 0 radical (unpaired) electrons. The number of oxazole rings is 1. The Morgan fingerprint density at radius 2 is 1.89 bits per heavy atom. The van der Waals surface area contributed by atoms with Crippen LogP contribution in [0, 0.1) is 0 Å². The van der Waals surface area contributed by atoms with E-state index in [1.54, 1.807) is 0 Å². The van der Waals surface area contributed by atoms with Crippen molar-refractivity contribution >= 4 is 28.7 Å². The van der Waals surface area contributed by atoms with Crippen LogP contribution in [0.2, 0.25) is 5.02 Å². The van der Waals surface area contributed by atoms with Crippen molar-refractivity contribution in [3.8, 4) is 5.75 Å². The molecule has 0 aliphatic carbocycles. The van der Waals surface area contributed by atoms with Gasteiger partial charge in [0.05, 0.1) is 48.9 Å². The number of halogens is 1. The van der Waals surface area contributed by atoms with Crippen molar-refractivity contribution in [2.24, 2.45) is 5.73 Å². The molecule has 11 heteroatoms. The zero-order valence-corrected chi connectivity index (χ0v) is 15.5. The van der Waals surface area contributed by atoms with Crippen molar-refractivity contribution in [3.63, 3.8) is 0 Å². The molecule has 1 aromatic carbocycles. The fourth-order valence-electron chi connectivity index (χ4n) is 1.90. The quantitative estimate of drug-likeness (QED) is 0.398. The summed E-state index contributed by atoms with van der Waals surface area (Å²) in [6.07, 6.45) is -0.167. The molecule has 6 N–H and O–H groups in total. The standard InChI is InChI=1S/C12H12ClNO5.C4H11NO3/c1-2-18-9-6-10-8(5-7(9)13)14(12(17)19-10)4-3-11(15)16;5-4(1-6,2-7)3-8/h5-6H,2-4H2,1H3,(H,15,16);6-8H,1-3,5H2. The van der Waals surface area contributed by atoms with Gasteiger partial charge in [0, 0.05) is 12.6 Å². The molecule has 0 aliphatic rings. The molecule has 0 saturated carbocycles. The smallest absolute Gasteiger partial charge is 0.419 e. The first-order chi connectivity index (χ1) is 12.7. The van der Waals surface area contributed by atoms with Crippen molar-refractivity contribution in [1.82, 2.24) is 4.57 Å². The van der Waals surface area contributed by atoms with Gasteiger partial charge in [-0.25, -0.2) is 4.79 Å². The summed E-state index contributed by atoms with van der Waals surface area (Å²) in [5.41, 5.74) is 4.72. The lowest BCUT2D eigenvalue weighted by molar-refractivity contribution is -0.137. The molecule has 2 aromatic rings. The Morgan fingerprint density at radius 3 is 2.33 bits per heavy atom. The van der Waals surface area contributed by atoms with Gasteiger partial charge in [0.2, 0.25) is 0 Å². The zero-order chi connectivity index (χ0) is 20.6. The normalized spacial score (nSPS) is 11.2. The van der Waals surface area contributed by atoms with Gasteiger partial charge in [0.15, 0.2) is 5.58 Å². The fourth-order valence-corrected chi connectivity index (χ4v) is 2.11. The number of hydrogen-bond donors (Lipinski definition) is 5. The van der Waals surface area contributed by atoms with Crippen LogP contribution in [0.5, 0.6) is 5.75 Å². The summed E-state index contributed by atoms with van der Waals surface area (Å²) in [5.74, 6) is -1.17. The fraction of sp³-hybridized carbons (Fsp3) is 0.500. The van der Waals surface area contributed by atoms with E-state index in [1.807, 2.05) is 6.92 Å². The maximum Gasteiger partial charge on any atom is 0.419 e. The first kappa shape index (κ1) is 22.9. The molecule has 152 valence electrons. The third-order valence-electron chi connectivity index (χ3n) is 3.52. The number of benzene rings is 1. The molecule has 0 unspecified atom stereocenters. The lowest BCUT2D eigenvalue weighted by Crippen LogP contribution is -2.50. The number of aliphatic hydroxyl groups excluding tert-OH is 3. The van der Waals surface area contributed by atoms with Gasteiger partial charge in [0.25, 0.3) is 0 Å². The second-order valence-corrected chi connectivity index (χ2v) is 6.09. The van der Waals surface area contributed by atoms with E-state index in [-0.39, 0.29) is 13.0 Å². The number of carbonyl (C=O) groups is 1. The minimum absolute atomic E-state index is 0.0332. The molecule has 0 atom stereocenters. The van der Waals surface area contributed by atoms with Gasteiger partial charge in [-0.1, -0.05) is 11.6 Å². The van der Waals surface area contributed by atoms with Crippen molar-refractivity contribution in [3.05, 3.63) is 27.7 Å². The molecular formula is C16H23ClN2O8. The molecule has 27 heavy (non-hydrogen) atoms. The largest absolute Gasteiger partial charge is 0.492 e. The lowest BCUT2D eigenvalue weighted by atomic mass is 10.1. The highest BCUT2D eigenvalue weighted by molar-refractivity contribution is 6.32. The van der Waals surface area contributed by atoms with Crippen LogP contribution in [0.4, 0.5) is 0 Å². The van der Waals surface area contributed by atoms with Gasteiger partial charge in [-0.05, 0) is 13.0 Å². The average Bonchev–Trinajstić information content (AvgIpc) is 2.94. The zero-order valence-electron chi connectivity index (χ0n) is 14.7. The average molecular weight is 407 g/mol. The summed E-state index contributed by atoms with van der Waals surface area (Å²) in [5, 5.41) is 34.0. The number of aliphatic carboxylic acids is 1. The van der Waals surface area contributed by atoms with E-state index in [0.717, 1.165) is 0 Å². The highest BCUT2D eigenvalue weighted by Crippen LogP contribution is 2.29. The van der Waals surface area contributed by atoms with Crippen molar-refractivity contribution < 1.29 is 34.4 Å². The molecular weight excluding hydrogens is 384 g/mol. The number of carboxylic acid groups (broad SMARTS) is 1. The first-order valence-electron chi connectivity index (χ1n) is 8.00. The topological polar surface area (TPSA) is 168 Å². The highest BCUT2D eigenvalue weighted by atomic mass is 35.5. The van der Waals surface area contributed by atoms with Gasteiger partial charge in [-0.15, -0.1) is 0 Å². The number of hydrogen-bond acceptors (Lipinski definition) is 8. The number of aryl methyl sites for hydroxylation is 1. The number of aromatic nitrogens is 1. The lowest BCUT2D eigenvalue weighted by Gasteiger charge is -2.20. The first-order valence-corrected chi connectivity index (χ1v) is 8.38. The number of carboxylic acids is 1. The van der Waals surface area contributed by atoms with Gasteiger partial charge < -0.3 is 35.3 Å². The molecule has 1 heterocycles. The highest BCUT2D eigenvalue weighted by Gasteiger charge is 2.20. The van der Waals surface area contributed by atoms with E-state index in [1.165, 1.54) is 16.7 Å². The Kier molecular flexibility index (Phi) is 8.73. The molecule has 1 aromatic heterocycles. The van der Waals surface area contributed by atoms with E-state index in [0.29, 0.717) is 28.5 Å². The van der Waals surface area contributed by atoms with E-state index < -0.39 is 37.1 Å². The van der Waals surface area contributed by atoms with Crippen LogP contribution >= 0.6 is 11.6 Å². The number of nitrogens with zero attached hydrogens (tertiary/aromatic N) is 1. The van der Waals surface area contributed by atoms with E-state index in [4.69, 9.17) is 46.9 Å². The number of nitrogens with two attached hydrogens (primary N) is 1. The van der Waals surface area contributed by atoms with Crippen LogP contribution in [-0.4, -0.2) is 62.9 Å². The molecule has 0 fully saturated rings. The summed E-state index contributed by atoms with van der Waals surface area (Å²) in [6.45, 7) is 1.08. The number of ether oxygens (including phenoxy) is 1. The summed E-state index contributed by atoms with van der Waals surface area (Å²) in [6, 6.07) is 3.06. The summed E-state index contributed by atoms with van der Waals surface area (Å²) < 4.78 is 11.6. The molecule has 0 saturated heterocycles. The van der Waals surface area contributed by atoms with Crippen molar-refractivity contribution in [1.29, 1.82) is 0 Å². The van der Waals surface area contributed by atoms with Crippen LogP contribution in [0.3, 0.4) is 0 Å². The Balaban J connectivity index is 0.000000387. The maximum absolute atomic E-state index is 11.7. The monoisotopic (exact) mass is 406 g/mol. The van der Waals surface area contributed by atoms with Crippen LogP contribution in [0.25, 0.3) is 11.1 Å². The van der Waals surface area contributed by atoms with Gasteiger partial charge in [-0.3, -0.25) is 9.36 Å². The van der Waals surface area contributed by atoms with Gasteiger partial charge >= 0.3 is 11.7 Å². The number of aliphatic hydroxyl groups is 3. The van der Waals surface area contributed by atoms with Crippen LogP contribution in [0.1, 0.15) is 13.3 Å². The molecule has 0 amide bonds. The molecule has 0 bridgehead atoms. The molecule has 10 nitrogen and oxygen atoms in total. The third-order valence-corrected chi connectivity index (χ3v) is 3.81. The second kappa shape index (κ2) is 10.3. The van der Waals surface area contributed by atoms with Crippen molar-refractivity contribution in [2.45, 2.75) is 25.4 Å². The summed E-state index contributed by atoms with van der Waals surface area (Å²) in [7, 11) is 0. The Bertz CT molecular complexity index is 804. The van der Waals surface area contributed by atoms with Crippen LogP contribution in [-0.2, 0) is 11.3 Å². The van der Waals surface area contributed by atoms with E-state index in [2.05, 4.69) is 0 Å². The second-order valence-electron chi connectivity index (χ2n) is 5.68.